The van der Waals surface area contributed by atoms with E-state index in [1.807, 2.05) is 35.4 Å². The fraction of sp³-hybridized carbons (Fsp3) is 0.500. The van der Waals surface area contributed by atoms with Gasteiger partial charge in [-0.15, -0.1) is 0 Å². The van der Waals surface area contributed by atoms with Gasteiger partial charge in [0.15, 0.2) is 11.5 Å². The Hall–Kier alpha value is -2.80. The monoisotopic (exact) mass is 424 g/mol. The van der Waals surface area contributed by atoms with Crippen LogP contribution in [0.2, 0.25) is 0 Å². The summed E-state index contributed by atoms with van der Waals surface area (Å²) < 4.78 is 11.6. The molecule has 1 fully saturated rings. The molecular weight excluding hydrogens is 392 g/mol. The molecule has 0 radical (unpaired) electrons. The smallest absolute Gasteiger partial charge is 0.236 e. The van der Waals surface area contributed by atoms with E-state index in [0.717, 1.165) is 42.4 Å². The van der Waals surface area contributed by atoms with E-state index in [0.29, 0.717) is 38.8 Å². The summed E-state index contributed by atoms with van der Waals surface area (Å²) in [6, 6.07) is 12.1. The third-order valence-corrected chi connectivity index (χ3v) is 5.88. The number of nitrogens with one attached hydrogen (secondary N) is 1. The van der Waals surface area contributed by atoms with Crippen molar-refractivity contribution in [2.24, 2.45) is 5.92 Å². The van der Waals surface area contributed by atoms with E-state index in [1.54, 1.807) is 0 Å². The lowest BCUT2D eigenvalue weighted by Crippen LogP contribution is -2.51. The van der Waals surface area contributed by atoms with Crippen molar-refractivity contribution in [2.75, 3.05) is 50.8 Å². The molecule has 1 atom stereocenters. The number of hydrogen-bond donors (Lipinski definition) is 1. The van der Waals surface area contributed by atoms with Crippen LogP contribution in [0.1, 0.15) is 31.9 Å². The maximum Gasteiger partial charge on any atom is 0.236 e. The van der Waals surface area contributed by atoms with Crippen molar-refractivity contribution < 1.29 is 14.3 Å². The molecule has 7 heteroatoms. The largest absolute Gasteiger partial charge is 0.490 e. The first-order valence-electron chi connectivity index (χ1n) is 11.2. The topological polar surface area (TPSA) is 66.9 Å². The van der Waals surface area contributed by atoms with Gasteiger partial charge in [0.2, 0.25) is 5.91 Å². The third kappa shape index (κ3) is 5.28. The van der Waals surface area contributed by atoms with Crippen LogP contribution in [0, 0.1) is 5.92 Å². The second-order valence-electron chi connectivity index (χ2n) is 8.42. The lowest BCUT2D eigenvalue weighted by Gasteiger charge is -2.36. The van der Waals surface area contributed by atoms with Crippen molar-refractivity contribution in [3.63, 3.8) is 0 Å². The van der Waals surface area contributed by atoms with Crippen molar-refractivity contribution in [2.45, 2.75) is 26.3 Å². The molecule has 0 unspecified atom stereocenters. The Morgan fingerprint density at radius 1 is 1.06 bits per heavy atom. The second kappa shape index (κ2) is 10.0. The van der Waals surface area contributed by atoms with E-state index < -0.39 is 0 Å². The van der Waals surface area contributed by atoms with Crippen molar-refractivity contribution in [3.05, 3.63) is 48.2 Å². The molecule has 3 heterocycles. The number of aromatic nitrogens is 1. The van der Waals surface area contributed by atoms with Crippen molar-refractivity contribution in [1.82, 2.24) is 15.2 Å². The van der Waals surface area contributed by atoms with E-state index in [-0.39, 0.29) is 11.9 Å². The highest BCUT2D eigenvalue weighted by molar-refractivity contribution is 5.78. The van der Waals surface area contributed by atoms with Crippen LogP contribution in [0.4, 0.5) is 5.82 Å². The summed E-state index contributed by atoms with van der Waals surface area (Å²) in [5, 5.41) is 3.48. The molecule has 4 rings (SSSR count). The van der Waals surface area contributed by atoms with Gasteiger partial charge in [-0.25, -0.2) is 4.98 Å². The first kappa shape index (κ1) is 21.4. The summed E-state index contributed by atoms with van der Waals surface area (Å²) in [6.45, 7) is 9.03. The van der Waals surface area contributed by atoms with Crippen LogP contribution in [0.5, 0.6) is 11.5 Å². The second-order valence-corrected chi connectivity index (χ2v) is 8.42. The Bertz CT molecular complexity index is 866. The molecule has 0 bridgehead atoms. The lowest BCUT2D eigenvalue weighted by molar-refractivity contribution is -0.130. The van der Waals surface area contributed by atoms with E-state index in [2.05, 4.69) is 41.2 Å². The van der Waals surface area contributed by atoms with Gasteiger partial charge in [-0.05, 0) is 35.7 Å². The standard InChI is InChI=1S/C24H32N4O3/c1-18(2)24(19-7-8-20-21(16-19)31-15-5-14-30-20)26-17-23(29)28-12-10-27(11-13-28)22-6-3-4-9-25-22/h3-4,6-9,16,18,24,26H,5,10-15,17H2,1-2H3/t24-/m1/s1. The van der Waals surface area contributed by atoms with Crippen LogP contribution in [-0.4, -0.2) is 61.7 Å². The number of carbonyl (C=O) groups excluding carboxylic acids is 1. The average Bonchev–Trinajstić information content (AvgIpc) is 3.04. The van der Waals surface area contributed by atoms with Gasteiger partial charge in [-0.2, -0.15) is 0 Å². The number of carbonyl (C=O) groups is 1. The number of benzene rings is 1. The molecule has 2 aliphatic heterocycles. The third-order valence-electron chi connectivity index (χ3n) is 5.88. The number of anilines is 1. The fourth-order valence-corrected chi connectivity index (χ4v) is 4.15. The van der Waals surface area contributed by atoms with Gasteiger partial charge in [0, 0.05) is 44.8 Å². The Morgan fingerprint density at radius 3 is 2.55 bits per heavy atom. The fourth-order valence-electron chi connectivity index (χ4n) is 4.15. The molecule has 2 aromatic rings. The molecule has 1 aromatic heterocycles. The number of ether oxygens (including phenoxy) is 2. The van der Waals surface area contributed by atoms with E-state index in [9.17, 15) is 4.79 Å². The summed E-state index contributed by atoms with van der Waals surface area (Å²) in [7, 11) is 0. The Labute approximate surface area is 184 Å². The zero-order valence-electron chi connectivity index (χ0n) is 18.4. The van der Waals surface area contributed by atoms with Gasteiger partial charge in [-0.1, -0.05) is 26.0 Å². The van der Waals surface area contributed by atoms with Crippen molar-refractivity contribution in [3.8, 4) is 11.5 Å². The van der Waals surface area contributed by atoms with Gasteiger partial charge in [0.05, 0.1) is 19.8 Å². The van der Waals surface area contributed by atoms with Gasteiger partial charge in [-0.3, -0.25) is 4.79 Å². The number of amides is 1. The number of nitrogens with zero attached hydrogens (tertiary/aromatic N) is 3. The van der Waals surface area contributed by atoms with E-state index >= 15 is 0 Å². The zero-order chi connectivity index (χ0) is 21.6. The number of piperazine rings is 1. The van der Waals surface area contributed by atoms with Crippen LogP contribution < -0.4 is 19.7 Å². The molecule has 1 aromatic carbocycles. The maximum absolute atomic E-state index is 12.9. The van der Waals surface area contributed by atoms with Crippen LogP contribution >= 0.6 is 0 Å². The molecule has 0 spiro atoms. The van der Waals surface area contributed by atoms with Gasteiger partial charge < -0.3 is 24.6 Å². The molecule has 7 nitrogen and oxygen atoms in total. The van der Waals surface area contributed by atoms with Crippen molar-refractivity contribution in [1.29, 1.82) is 0 Å². The summed E-state index contributed by atoms with van der Waals surface area (Å²) in [5.74, 6) is 3.03. The molecule has 31 heavy (non-hydrogen) atoms. The Kier molecular flexibility index (Phi) is 6.92. The molecule has 0 saturated carbocycles. The van der Waals surface area contributed by atoms with Gasteiger partial charge in [0.1, 0.15) is 5.82 Å². The highest BCUT2D eigenvalue weighted by atomic mass is 16.5. The summed E-state index contributed by atoms with van der Waals surface area (Å²) in [4.78, 5) is 21.4. The zero-order valence-corrected chi connectivity index (χ0v) is 18.4. The predicted octanol–water partition coefficient (Wildman–Crippen LogP) is 2.88. The Balaban J connectivity index is 1.33. The van der Waals surface area contributed by atoms with Crippen LogP contribution in [-0.2, 0) is 4.79 Å². The van der Waals surface area contributed by atoms with Crippen LogP contribution in [0.3, 0.4) is 0 Å². The van der Waals surface area contributed by atoms with Gasteiger partial charge in [0.25, 0.3) is 0 Å². The molecule has 1 saturated heterocycles. The number of fused-ring (bicyclic) bond motifs is 1. The van der Waals surface area contributed by atoms with E-state index in [4.69, 9.17) is 9.47 Å². The van der Waals surface area contributed by atoms with Gasteiger partial charge >= 0.3 is 0 Å². The molecule has 1 N–H and O–H groups in total. The molecule has 166 valence electrons. The highest BCUT2D eigenvalue weighted by Gasteiger charge is 2.24. The maximum atomic E-state index is 12.9. The molecular formula is C24H32N4O3. The first-order chi connectivity index (χ1) is 15.1. The van der Waals surface area contributed by atoms with Crippen molar-refractivity contribution >= 4 is 11.7 Å². The number of pyridine rings is 1. The normalized spacial score (nSPS) is 17.4. The predicted molar refractivity (Wildman–Crippen MR) is 121 cm³/mol. The van der Waals surface area contributed by atoms with E-state index in [1.165, 1.54) is 0 Å². The number of rotatable bonds is 6. The minimum atomic E-state index is 0.0657. The summed E-state index contributed by atoms with van der Waals surface area (Å²) in [5.41, 5.74) is 1.12. The minimum absolute atomic E-state index is 0.0657. The average molecular weight is 425 g/mol. The minimum Gasteiger partial charge on any atom is -0.490 e. The molecule has 2 aliphatic rings. The Morgan fingerprint density at radius 2 is 1.84 bits per heavy atom. The summed E-state index contributed by atoms with van der Waals surface area (Å²) >= 11 is 0. The SMILES string of the molecule is CC(C)[C@@H](NCC(=O)N1CCN(c2ccccn2)CC1)c1ccc2c(c1)OCCCO2. The quantitative estimate of drug-likeness (QED) is 0.769. The van der Waals surface area contributed by atoms with Crippen LogP contribution in [0.15, 0.2) is 42.6 Å². The lowest BCUT2D eigenvalue weighted by atomic mass is 9.95. The molecule has 1 amide bonds. The molecule has 0 aliphatic carbocycles. The summed E-state index contributed by atoms with van der Waals surface area (Å²) in [6.07, 6.45) is 2.69. The van der Waals surface area contributed by atoms with Crippen LogP contribution in [0.25, 0.3) is 0 Å². The highest BCUT2D eigenvalue weighted by Crippen LogP contribution is 2.34. The number of hydrogen-bond acceptors (Lipinski definition) is 6. The first-order valence-corrected chi connectivity index (χ1v) is 11.2.